The first-order chi connectivity index (χ1) is 33.2. The zero-order chi connectivity index (χ0) is 48.6. The minimum atomic E-state index is -1.86. The Hall–Kier alpha value is -5.66. The molecule has 4 aromatic heterocycles. The van der Waals surface area contributed by atoms with E-state index in [-0.39, 0.29) is 31.9 Å². The van der Waals surface area contributed by atoms with Crippen LogP contribution >= 0.6 is 0 Å². The number of benzene rings is 6. The zero-order valence-corrected chi connectivity index (χ0v) is 47.2. The van der Waals surface area contributed by atoms with E-state index in [4.69, 9.17) is 19.4 Å². The summed E-state index contributed by atoms with van der Waals surface area (Å²) in [6.07, 6.45) is 5.39. The number of hydrogen-bond donors (Lipinski definition) is 0. The van der Waals surface area contributed by atoms with Gasteiger partial charge in [0.2, 0.25) is 5.71 Å². The number of para-hydroxylation sites is 2. The second-order valence-corrected chi connectivity index (χ2v) is 31.4. The molecule has 0 aliphatic carbocycles. The van der Waals surface area contributed by atoms with Crippen LogP contribution in [0.2, 0.25) is 17.3 Å². The van der Waals surface area contributed by atoms with Gasteiger partial charge in [-0.15, -0.1) is 23.8 Å². The van der Waals surface area contributed by atoms with E-state index in [1.54, 1.807) is 4.40 Å². The first-order valence-corrected chi connectivity index (χ1v) is 32.4. The van der Waals surface area contributed by atoms with Crippen LogP contribution in [0.3, 0.4) is 0 Å². The number of aromatic nitrogens is 4. The molecule has 0 saturated carbocycles. The van der Waals surface area contributed by atoms with Crippen LogP contribution in [-0.2, 0) is 26.5 Å². The molecule has 6 aromatic carbocycles. The van der Waals surface area contributed by atoms with Crippen molar-refractivity contribution in [2.45, 2.75) is 110 Å². The third-order valence-electron chi connectivity index (χ3n) is 13.6. The molecule has 0 atom stereocenters. The Morgan fingerprint density at radius 2 is 1.36 bits per heavy atom. The molecule has 5 nitrogen and oxygen atoms in total. The number of hydrogen-bond acceptors (Lipinski definition) is 4. The van der Waals surface area contributed by atoms with Crippen LogP contribution in [0.5, 0.6) is 0 Å². The van der Waals surface area contributed by atoms with Gasteiger partial charge in [-0.1, -0.05) is 95.5 Å². The second-order valence-electron chi connectivity index (χ2n) is 20.8. The van der Waals surface area contributed by atoms with E-state index in [0.29, 0.717) is 17.5 Å². The van der Waals surface area contributed by atoms with Crippen LogP contribution in [0.1, 0.15) is 108 Å². The predicted octanol–water partition coefficient (Wildman–Crippen LogP) is 17.0. The standard InChI is InChI=1S/C45H42N3O.C18H24GeN.Ir/c1-7-29(8-2)39-21-20-35-38-24-33(19-22-42(38)49-45(35)47-39)44-46-40-15-11-12-16-41(40)48(44)43-36(27(3)4)25-34(26-37(43)28(5)6)32-18-17-30-13-9-10-14-31(30)23-32;1-14(2)11-16-12-18(15-9-7-6-8-10-15)20-13-17(16)19(3,4)5;/h9-18,20-29H,7-8H2,1-6H3;6-9,12-14H,11H2,1-5H3;/q2*-1;. The van der Waals surface area contributed by atoms with Crippen LogP contribution in [0, 0.1) is 18.1 Å². The average molecular weight is 1160 g/mol. The van der Waals surface area contributed by atoms with Crippen LogP contribution in [0.15, 0.2) is 144 Å². The fourth-order valence-electron chi connectivity index (χ4n) is 9.95. The number of pyridine rings is 2. The largest absolute Gasteiger partial charge is 0.486 e. The zero-order valence-electron chi connectivity index (χ0n) is 42.7. The van der Waals surface area contributed by atoms with Crippen molar-refractivity contribution in [1.29, 1.82) is 0 Å². The molecule has 10 aromatic rings. The minimum Gasteiger partial charge on any atom is -0.486 e. The quantitative estimate of drug-likeness (QED) is 0.0903. The maximum atomic E-state index is 6.31. The summed E-state index contributed by atoms with van der Waals surface area (Å²) in [6.45, 7) is 18.2. The van der Waals surface area contributed by atoms with E-state index >= 15 is 0 Å². The molecule has 359 valence electrons. The predicted molar refractivity (Wildman–Crippen MR) is 295 cm³/mol. The maximum absolute atomic E-state index is 6.31. The van der Waals surface area contributed by atoms with E-state index in [9.17, 15) is 0 Å². The van der Waals surface area contributed by atoms with Gasteiger partial charge in [-0.2, -0.15) is 0 Å². The van der Waals surface area contributed by atoms with Crippen LogP contribution in [0.25, 0.3) is 83.3 Å². The molecule has 1 radical (unpaired) electrons. The molecule has 0 aliphatic heterocycles. The van der Waals surface area contributed by atoms with Crippen molar-refractivity contribution in [2.75, 3.05) is 0 Å². The SMILES string of the molecule is CC(C)Cc1cc(-c2[c-]cccc2)nc[c]1[Ge]([CH3])([CH3])[CH3].CCC(CC)c1ccc2c(n1)oc1c[c-]c(-c3nc4ccccc4n3-c3c(C(C)C)cc(-c4ccc5ccccc5c4)cc3C(C)C)cc12.[Ir]. The first-order valence-electron chi connectivity index (χ1n) is 25.1. The number of furan rings is 1. The molecule has 0 aliphatic rings. The Labute approximate surface area is 431 Å². The number of fused-ring (bicyclic) bond motifs is 5. The molecule has 0 bridgehead atoms. The first kappa shape index (κ1) is 50.7. The van der Waals surface area contributed by atoms with Gasteiger partial charge in [0.1, 0.15) is 0 Å². The fraction of sp³-hybridized carbons (Fsp3) is 0.286. The van der Waals surface area contributed by atoms with Gasteiger partial charge in [-0.05, 0) is 100 Å². The average Bonchev–Trinajstić information content (AvgIpc) is 3.91. The van der Waals surface area contributed by atoms with Gasteiger partial charge in [0.15, 0.2) is 0 Å². The third kappa shape index (κ3) is 10.4. The van der Waals surface area contributed by atoms with Gasteiger partial charge in [0, 0.05) is 42.8 Å². The molecule has 4 heterocycles. The molecule has 7 heteroatoms. The van der Waals surface area contributed by atoms with Crippen LogP contribution in [-0.4, -0.2) is 32.8 Å². The Morgan fingerprint density at radius 3 is 2.03 bits per heavy atom. The Kier molecular flexibility index (Phi) is 15.5. The van der Waals surface area contributed by atoms with E-state index in [1.807, 2.05) is 24.3 Å². The molecule has 0 spiro atoms. The summed E-state index contributed by atoms with van der Waals surface area (Å²) in [5.74, 6) is 9.86. The van der Waals surface area contributed by atoms with Gasteiger partial charge in [-0.3, -0.25) is 4.98 Å². The summed E-state index contributed by atoms with van der Waals surface area (Å²) in [5, 5.41) is 4.56. The van der Waals surface area contributed by atoms with E-state index < -0.39 is 13.3 Å². The van der Waals surface area contributed by atoms with Crippen molar-refractivity contribution in [2.24, 2.45) is 5.92 Å². The van der Waals surface area contributed by atoms with Crippen molar-refractivity contribution in [3.63, 3.8) is 0 Å². The molecular formula is C63H66GeIrN4O-2. The molecule has 0 fully saturated rings. The Bertz CT molecular complexity index is 3400. The van der Waals surface area contributed by atoms with Gasteiger partial charge >= 0.3 is 126 Å². The Balaban J connectivity index is 0.000000264. The molecule has 0 N–H and O–H groups in total. The van der Waals surface area contributed by atoms with Gasteiger partial charge in [-0.25, -0.2) is 4.98 Å². The van der Waals surface area contributed by atoms with Gasteiger partial charge in [0.05, 0.1) is 22.4 Å². The molecule has 0 unspecified atom stereocenters. The van der Waals surface area contributed by atoms with E-state index in [2.05, 4.69) is 205 Å². The van der Waals surface area contributed by atoms with Crippen molar-refractivity contribution in [3.8, 4) is 39.5 Å². The fourth-order valence-corrected chi connectivity index (χ4v) is 13.3. The topological polar surface area (TPSA) is 56.7 Å². The molecule has 10 rings (SSSR count). The normalized spacial score (nSPS) is 11.9. The third-order valence-corrected chi connectivity index (χ3v) is 18.0. The monoisotopic (exact) mass is 1160 g/mol. The summed E-state index contributed by atoms with van der Waals surface area (Å²) < 4.78 is 10.2. The summed E-state index contributed by atoms with van der Waals surface area (Å²) in [7, 11) is 0. The molecule has 0 saturated heterocycles. The summed E-state index contributed by atoms with van der Waals surface area (Å²) >= 11 is -1.86. The number of rotatable bonds is 12. The van der Waals surface area contributed by atoms with E-state index in [1.165, 1.54) is 44.3 Å². The smallest absolute Gasteiger partial charge is 0.216 e. The maximum Gasteiger partial charge on any atom is 0.216 e. The molecule has 70 heavy (non-hydrogen) atoms. The van der Waals surface area contributed by atoms with Crippen molar-refractivity contribution in [1.82, 2.24) is 19.5 Å². The van der Waals surface area contributed by atoms with Crippen molar-refractivity contribution >= 4 is 61.5 Å². The number of nitrogens with zero attached hydrogens (tertiary/aromatic N) is 4. The summed E-state index contributed by atoms with van der Waals surface area (Å²) in [4.78, 5) is 15.0. The van der Waals surface area contributed by atoms with Gasteiger partial charge < -0.3 is 8.98 Å². The van der Waals surface area contributed by atoms with Gasteiger partial charge in [0.25, 0.3) is 0 Å². The second kappa shape index (κ2) is 21.4. The van der Waals surface area contributed by atoms with Crippen molar-refractivity contribution < 1.29 is 24.5 Å². The summed E-state index contributed by atoms with van der Waals surface area (Å²) in [5.41, 5.74) is 15.5. The summed E-state index contributed by atoms with van der Waals surface area (Å²) in [6, 6.07) is 54.4. The van der Waals surface area contributed by atoms with Crippen LogP contribution < -0.4 is 4.40 Å². The van der Waals surface area contributed by atoms with E-state index in [0.717, 1.165) is 75.0 Å². The number of imidazole rings is 1. The van der Waals surface area contributed by atoms with Crippen molar-refractivity contribution in [3.05, 3.63) is 174 Å². The minimum absolute atomic E-state index is 0. The Morgan fingerprint density at radius 1 is 0.657 bits per heavy atom. The molecule has 0 amide bonds. The molecular weight excluding hydrogens is 1090 g/mol. The van der Waals surface area contributed by atoms with Crippen LogP contribution in [0.4, 0.5) is 0 Å².